The molecule has 2 amide bonds. The Labute approximate surface area is 260 Å². The molecular formula is C30H27ClF4N6O4. The molecule has 236 valence electrons. The molecule has 0 bridgehead atoms. The van der Waals surface area contributed by atoms with Crippen LogP contribution in [0.4, 0.5) is 29.1 Å². The molecule has 3 aromatic rings. The zero-order valence-electron chi connectivity index (χ0n) is 23.5. The highest BCUT2D eigenvalue weighted by Gasteiger charge is 2.48. The van der Waals surface area contributed by atoms with Gasteiger partial charge in [-0.15, -0.1) is 0 Å². The predicted octanol–water partition coefficient (Wildman–Crippen LogP) is 4.86. The van der Waals surface area contributed by atoms with Crippen molar-refractivity contribution in [2.24, 2.45) is 0 Å². The monoisotopic (exact) mass is 646 g/mol. The molecule has 15 heteroatoms. The summed E-state index contributed by atoms with van der Waals surface area (Å²) in [7, 11) is 0. The number of nitrogens with one attached hydrogen (secondary N) is 1. The molecule has 1 aliphatic heterocycles. The van der Waals surface area contributed by atoms with Gasteiger partial charge in [0.15, 0.2) is 6.04 Å². The van der Waals surface area contributed by atoms with Gasteiger partial charge in [-0.3, -0.25) is 24.7 Å². The van der Waals surface area contributed by atoms with Crippen molar-refractivity contribution in [3.63, 3.8) is 0 Å². The topological polar surface area (TPSA) is 133 Å². The molecule has 5 rings (SSSR count). The number of nitrogens with zero attached hydrogens (tertiary/aromatic N) is 5. The molecule has 45 heavy (non-hydrogen) atoms. The van der Waals surface area contributed by atoms with Gasteiger partial charge in [0.05, 0.1) is 17.3 Å². The fourth-order valence-corrected chi connectivity index (χ4v) is 5.78. The standard InChI is InChI=1S/C30H27ClF4N6O4/c31-23-4-2-1-3-22(23)27(28(43)38-20-5-8-30(34,35)9-6-20)40(21-13-18(32)12-19(33)14-21)41(45)26-15-24(42)29(44)39(26)25-11-17(16-36)7-10-37-25/h1-4,7,10-14,20,24,26-27,42,45H,5-6,8-9,15H2,(H,38,43)/t24-,26-,27-/m1/s1. The minimum Gasteiger partial charge on any atom is -0.383 e. The van der Waals surface area contributed by atoms with Crippen LogP contribution in [0.1, 0.15) is 49.3 Å². The maximum absolute atomic E-state index is 14.7. The second-order valence-electron chi connectivity index (χ2n) is 10.8. The summed E-state index contributed by atoms with van der Waals surface area (Å²) in [6.45, 7) is 0. The molecular weight excluding hydrogens is 620 g/mol. The third kappa shape index (κ3) is 6.86. The van der Waals surface area contributed by atoms with E-state index in [1.54, 1.807) is 6.07 Å². The van der Waals surface area contributed by atoms with Crippen LogP contribution >= 0.6 is 11.6 Å². The maximum Gasteiger partial charge on any atom is 0.258 e. The summed E-state index contributed by atoms with van der Waals surface area (Å²) in [5.41, 5.74) is -0.229. The van der Waals surface area contributed by atoms with E-state index in [4.69, 9.17) is 11.6 Å². The zero-order chi connectivity index (χ0) is 32.5. The van der Waals surface area contributed by atoms with E-state index >= 15 is 0 Å². The lowest BCUT2D eigenvalue weighted by atomic mass is 9.91. The molecule has 10 nitrogen and oxygen atoms in total. The van der Waals surface area contributed by atoms with Gasteiger partial charge in [0, 0.05) is 48.2 Å². The Morgan fingerprint density at radius 2 is 1.80 bits per heavy atom. The van der Waals surface area contributed by atoms with Crippen molar-refractivity contribution in [3.8, 4) is 6.07 Å². The lowest BCUT2D eigenvalue weighted by Gasteiger charge is -2.42. The number of anilines is 2. The van der Waals surface area contributed by atoms with E-state index in [0.717, 1.165) is 22.0 Å². The number of benzene rings is 2. The van der Waals surface area contributed by atoms with E-state index in [-0.39, 0.29) is 34.8 Å². The van der Waals surface area contributed by atoms with Gasteiger partial charge >= 0.3 is 0 Å². The van der Waals surface area contributed by atoms with Crippen LogP contribution in [0.15, 0.2) is 60.8 Å². The average Bonchev–Trinajstić information content (AvgIpc) is 3.30. The Hall–Kier alpha value is -4.29. The summed E-state index contributed by atoms with van der Waals surface area (Å²) in [5, 5.41) is 35.7. The number of carbonyl (C=O) groups is 2. The molecule has 1 aromatic heterocycles. The fraction of sp³-hybridized carbons (Fsp3) is 0.333. The van der Waals surface area contributed by atoms with Crippen molar-refractivity contribution in [1.29, 1.82) is 5.26 Å². The first-order valence-corrected chi connectivity index (χ1v) is 14.3. The summed E-state index contributed by atoms with van der Waals surface area (Å²) in [6, 6.07) is 10.3. The van der Waals surface area contributed by atoms with Gasteiger partial charge in [0.25, 0.3) is 5.91 Å². The van der Waals surface area contributed by atoms with Crippen molar-refractivity contribution in [2.45, 2.75) is 62.4 Å². The molecule has 2 aromatic carbocycles. The summed E-state index contributed by atoms with van der Waals surface area (Å²) in [4.78, 5) is 32.2. The van der Waals surface area contributed by atoms with Crippen LogP contribution in [0, 0.1) is 23.0 Å². The number of halogens is 5. The number of hydroxylamine groups is 1. The lowest BCUT2D eigenvalue weighted by Crippen LogP contribution is -2.57. The fourth-order valence-electron chi connectivity index (χ4n) is 5.54. The number of aliphatic hydroxyl groups is 1. The Morgan fingerprint density at radius 1 is 1.13 bits per heavy atom. The van der Waals surface area contributed by atoms with Crippen LogP contribution < -0.4 is 15.2 Å². The minimum atomic E-state index is -2.88. The third-order valence-corrected chi connectivity index (χ3v) is 8.08. The molecule has 0 unspecified atom stereocenters. The van der Waals surface area contributed by atoms with Crippen LogP contribution in [0.2, 0.25) is 5.02 Å². The van der Waals surface area contributed by atoms with E-state index in [1.165, 1.54) is 36.5 Å². The van der Waals surface area contributed by atoms with Gasteiger partial charge in [-0.1, -0.05) is 35.0 Å². The Bertz CT molecular complexity index is 1610. The highest BCUT2D eigenvalue weighted by molar-refractivity contribution is 6.31. The maximum atomic E-state index is 14.7. The van der Waals surface area contributed by atoms with Crippen molar-refractivity contribution in [2.75, 3.05) is 9.91 Å². The van der Waals surface area contributed by atoms with E-state index < -0.39 is 78.7 Å². The number of amides is 2. The van der Waals surface area contributed by atoms with Crippen LogP contribution in [0.5, 0.6) is 0 Å². The normalized spacial score (nSPS) is 20.6. The smallest absolute Gasteiger partial charge is 0.258 e. The Morgan fingerprint density at radius 3 is 2.44 bits per heavy atom. The number of hydrazine groups is 1. The van der Waals surface area contributed by atoms with Crippen molar-refractivity contribution >= 4 is 34.9 Å². The van der Waals surface area contributed by atoms with Crippen molar-refractivity contribution < 1.29 is 37.5 Å². The van der Waals surface area contributed by atoms with Crippen molar-refractivity contribution in [3.05, 3.63) is 88.6 Å². The zero-order valence-corrected chi connectivity index (χ0v) is 24.2. The van der Waals surface area contributed by atoms with Crippen LogP contribution in [-0.4, -0.2) is 56.5 Å². The van der Waals surface area contributed by atoms with E-state index in [1.807, 2.05) is 6.07 Å². The Kier molecular flexibility index (Phi) is 9.26. The van der Waals surface area contributed by atoms with Gasteiger partial charge in [-0.2, -0.15) is 5.26 Å². The highest BCUT2D eigenvalue weighted by atomic mass is 35.5. The number of rotatable bonds is 8. The third-order valence-electron chi connectivity index (χ3n) is 7.73. The number of alkyl halides is 2. The van der Waals surface area contributed by atoms with Crippen LogP contribution in [-0.2, 0) is 9.59 Å². The SMILES string of the molecule is N#Cc1ccnc(N2C(=O)[C@H](O)C[C@H]2N(O)N(c2cc(F)cc(F)c2)[C@@H](C(=O)NC2CCC(F)(F)CC2)c2ccccc2Cl)c1. The van der Waals surface area contributed by atoms with E-state index in [9.17, 15) is 42.7 Å². The van der Waals surface area contributed by atoms with Crippen LogP contribution in [0.3, 0.4) is 0 Å². The molecule has 1 saturated carbocycles. The molecule has 2 heterocycles. The first kappa shape index (κ1) is 32.1. The molecule has 3 N–H and O–H groups in total. The second kappa shape index (κ2) is 13.0. The molecule has 1 aliphatic carbocycles. The summed E-state index contributed by atoms with van der Waals surface area (Å²) < 4.78 is 57.0. The van der Waals surface area contributed by atoms with Gasteiger partial charge in [0.1, 0.15) is 29.7 Å². The molecule has 0 radical (unpaired) electrons. The molecule has 2 fully saturated rings. The van der Waals surface area contributed by atoms with Gasteiger partial charge < -0.3 is 10.4 Å². The summed E-state index contributed by atoms with van der Waals surface area (Å²) >= 11 is 6.51. The number of nitriles is 1. The first-order chi connectivity index (χ1) is 21.4. The molecule has 1 saturated heterocycles. The lowest BCUT2D eigenvalue weighted by molar-refractivity contribution is -0.152. The predicted molar refractivity (Wildman–Crippen MR) is 153 cm³/mol. The molecule has 0 spiro atoms. The summed E-state index contributed by atoms with van der Waals surface area (Å²) in [5.74, 6) is -6.92. The quantitative estimate of drug-likeness (QED) is 0.234. The van der Waals surface area contributed by atoms with E-state index in [0.29, 0.717) is 11.2 Å². The number of carbonyl (C=O) groups excluding carboxylic acids is 2. The number of aromatic nitrogens is 1. The van der Waals surface area contributed by atoms with E-state index in [2.05, 4.69) is 10.3 Å². The second-order valence-corrected chi connectivity index (χ2v) is 11.2. The largest absolute Gasteiger partial charge is 0.383 e. The molecule has 3 atom stereocenters. The minimum absolute atomic E-state index is 0.0193. The average molecular weight is 647 g/mol. The molecule has 2 aliphatic rings. The van der Waals surface area contributed by atoms with Gasteiger partial charge in [0.2, 0.25) is 11.8 Å². The highest BCUT2D eigenvalue weighted by Crippen LogP contribution is 2.38. The van der Waals surface area contributed by atoms with Crippen molar-refractivity contribution in [1.82, 2.24) is 15.5 Å². The number of pyridine rings is 1. The number of aliphatic hydroxyl groups excluding tert-OH is 1. The number of hydrogen-bond donors (Lipinski definition) is 3. The van der Waals surface area contributed by atoms with Crippen LogP contribution in [0.25, 0.3) is 0 Å². The van der Waals surface area contributed by atoms with Gasteiger partial charge in [-0.05, 0) is 43.2 Å². The van der Waals surface area contributed by atoms with Gasteiger partial charge in [-0.25, -0.2) is 22.5 Å². The first-order valence-electron chi connectivity index (χ1n) is 13.9. The Balaban J connectivity index is 1.63. The summed E-state index contributed by atoms with van der Waals surface area (Å²) in [6.07, 6.45) is -3.45. The number of hydrogen-bond acceptors (Lipinski definition) is 8.